The number of carbonyl (C=O) groups excluding carboxylic acids is 1. The maximum absolute atomic E-state index is 13.9. The largest absolute Gasteiger partial charge is 0.445 e. The molecule has 2 aromatic rings. The summed E-state index contributed by atoms with van der Waals surface area (Å²) in [5, 5.41) is 0. The van der Waals surface area contributed by atoms with Gasteiger partial charge in [0.25, 0.3) is 0 Å². The van der Waals surface area contributed by atoms with Gasteiger partial charge in [0.15, 0.2) is 0 Å². The van der Waals surface area contributed by atoms with Gasteiger partial charge in [0.05, 0.1) is 6.54 Å². The van der Waals surface area contributed by atoms with Crippen LogP contribution < -0.4 is 0 Å². The molecule has 0 aromatic heterocycles. The van der Waals surface area contributed by atoms with Gasteiger partial charge in [-0.25, -0.2) is 9.18 Å². The van der Waals surface area contributed by atoms with E-state index in [1.54, 1.807) is 11.0 Å². The van der Waals surface area contributed by atoms with Gasteiger partial charge in [0, 0.05) is 16.6 Å². The highest BCUT2D eigenvalue weighted by molar-refractivity contribution is 9.10. The van der Waals surface area contributed by atoms with Crippen LogP contribution in [0.15, 0.2) is 46.9 Å². The Morgan fingerprint density at radius 1 is 1.18 bits per heavy atom. The van der Waals surface area contributed by atoms with E-state index in [0.717, 1.165) is 15.6 Å². The van der Waals surface area contributed by atoms with Crippen molar-refractivity contribution in [1.82, 2.24) is 4.90 Å². The van der Waals surface area contributed by atoms with Crippen molar-refractivity contribution in [3.05, 3.63) is 69.4 Å². The van der Waals surface area contributed by atoms with Crippen molar-refractivity contribution in [1.29, 1.82) is 0 Å². The number of halogens is 2. The summed E-state index contributed by atoms with van der Waals surface area (Å²) in [4.78, 5) is 13.7. The van der Waals surface area contributed by atoms with Crippen molar-refractivity contribution in [2.45, 2.75) is 19.6 Å². The number of hydrogen-bond donors (Lipinski definition) is 0. The Morgan fingerprint density at radius 3 is 2.73 bits per heavy atom. The minimum atomic E-state index is -0.408. The summed E-state index contributed by atoms with van der Waals surface area (Å²) in [5.74, 6) is -0.279. The zero-order chi connectivity index (χ0) is 15.5. The molecule has 22 heavy (non-hydrogen) atoms. The zero-order valence-corrected chi connectivity index (χ0v) is 13.5. The first-order chi connectivity index (χ1) is 10.6. The van der Waals surface area contributed by atoms with Crippen LogP contribution in [0.25, 0.3) is 0 Å². The van der Waals surface area contributed by atoms with Crippen LogP contribution >= 0.6 is 15.9 Å². The van der Waals surface area contributed by atoms with Crippen molar-refractivity contribution in [3.8, 4) is 0 Å². The van der Waals surface area contributed by atoms with Gasteiger partial charge in [-0.05, 0) is 29.7 Å². The van der Waals surface area contributed by atoms with Crippen molar-refractivity contribution >= 4 is 22.0 Å². The van der Waals surface area contributed by atoms with Crippen LogP contribution in [0.5, 0.6) is 0 Å². The highest BCUT2D eigenvalue weighted by Crippen LogP contribution is 2.28. The first kappa shape index (κ1) is 15.0. The van der Waals surface area contributed by atoms with E-state index < -0.39 is 6.09 Å². The van der Waals surface area contributed by atoms with Gasteiger partial charge in [0.2, 0.25) is 0 Å². The highest BCUT2D eigenvalue weighted by Gasteiger charge is 2.25. The quantitative estimate of drug-likeness (QED) is 0.796. The number of ether oxygens (including phenoxy) is 1. The minimum absolute atomic E-state index is 0.226. The molecule has 3 rings (SSSR count). The van der Waals surface area contributed by atoms with E-state index in [-0.39, 0.29) is 19.0 Å². The van der Waals surface area contributed by atoms with E-state index >= 15 is 0 Å². The number of nitrogens with zero attached hydrogens (tertiary/aromatic N) is 1. The van der Waals surface area contributed by atoms with Crippen LogP contribution in [0, 0.1) is 5.82 Å². The second kappa shape index (κ2) is 6.48. The van der Waals surface area contributed by atoms with Crippen molar-refractivity contribution in [2.75, 3.05) is 6.54 Å². The number of amides is 1. The van der Waals surface area contributed by atoms with Gasteiger partial charge in [-0.3, -0.25) is 0 Å². The average Bonchev–Trinajstić information content (AvgIpc) is 2.57. The summed E-state index contributed by atoms with van der Waals surface area (Å²) in [6, 6.07) is 12.6. The summed E-state index contributed by atoms with van der Waals surface area (Å²) >= 11 is 3.43. The second-order valence-corrected chi connectivity index (χ2v) is 6.05. The molecule has 114 valence electrons. The molecule has 1 aliphatic heterocycles. The molecule has 0 unspecified atom stereocenters. The van der Waals surface area contributed by atoms with E-state index in [1.807, 2.05) is 30.3 Å². The van der Waals surface area contributed by atoms with Crippen LogP contribution in [-0.4, -0.2) is 17.5 Å². The Labute approximate surface area is 136 Å². The molecule has 0 spiro atoms. The van der Waals surface area contributed by atoms with E-state index in [2.05, 4.69) is 15.9 Å². The zero-order valence-electron chi connectivity index (χ0n) is 11.9. The summed E-state index contributed by atoms with van der Waals surface area (Å²) in [6.45, 7) is 1.00. The van der Waals surface area contributed by atoms with E-state index in [9.17, 15) is 9.18 Å². The third-order valence-electron chi connectivity index (χ3n) is 3.76. The summed E-state index contributed by atoms with van der Waals surface area (Å²) in [7, 11) is 0. The van der Waals surface area contributed by atoms with Crippen LogP contribution in [0.2, 0.25) is 0 Å². The predicted octanol–water partition coefficient (Wildman–Crippen LogP) is 4.28. The lowest BCUT2D eigenvalue weighted by Gasteiger charge is -2.29. The third kappa shape index (κ3) is 3.14. The van der Waals surface area contributed by atoms with E-state index in [4.69, 9.17) is 4.74 Å². The van der Waals surface area contributed by atoms with Crippen LogP contribution in [0.1, 0.15) is 16.7 Å². The number of benzene rings is 2. The Hall–Kier alpha value is -1.88. The maximum Gasteiger partial charge on any atom is 0.410 e. The first-order valence-corrected chi connectivity index (χ1v) is 7.86. The molecule has 0 atom stereocenters. The summed E-state index contributed by atoms with van der Waals surface area (Å²) < 4.78 is 20.1. The molecule has 0 bridgehead atoms. The molecular formula is C17H15BrFNO2. The smallest absolute Gasteiger partial charge is 0.410 e. The lowest BCUT2D eigenvalue weighted by atomic mass is 9.99. The Balaban J connectivity index is 1.67. The normalized spacial score (nSPS) is 13.6. The molecule has 0 fully saturated rings. The van der Waals surface area contributed by atoms with E-state index in [1.165, 1.54) is 6.07 Å². The van der Waals surface area contributed by atoms with Crippen LogP contribution in [0.4, 0.5) is 9.18 Å². The summed E-state index contributed by atoms with van der Waals surface area (Å²) in [6.07, 6.45) is 0.211. The first-order valence-electron chi connectivity index (χ1n) is 7.06. The SMILES string of the molecule is O=C(OCc1ccccc1)N1CCc2c(Br)ccc(F)c2C1. The summed E-state index contributed by atoms with van der Waals surface area (Å²) in [5.41, 5.74) is 2.44. The number of hydrogen-bond acceptors (Lipinski definition) is 2. The molecule has 1 heterocycles. The second-order valence-electron chi connectivity index (χ2n) is 5.20. The molecule has 0 radical (unpaired) electrons. The van der Waals surface area contributed by atoms with Crippen molar-refractivity contribution < 1.29 is 13.9 Å². The van der Waals surface area contributed by atoms with Gasteiger partial charge in [-0.1, -0.05) is 46.3 Å². The van der Waals surface area contributed by atoms with Crippen LogP contribution in [0.3, 0.4) is 0 Å². The standard InChI is InChI=1S/C17H15BrFNO2/c18-15-6-7-16(19)14-10-20(9-8-13(14)15)17(21)22-11-12-4-2-1-3-5-12/h1-7H,8-11H2. The van der Waals surface area contributed by atoms with Gasteiger partial charge >= 0.3 is 6.09 Å². The fraction of sp³-hybridized carbons (Fsp3) is 0.235. The highest BCUT2D eigenvalue weighted by atomic mass is 79.9. The molecule has 0 saturated heterocycles. The number of fused-ring (bicyclic) bond motifs is 1. The Bertz CT molecular complexity index is 691. The molecular weight excluding hydrogens is 349 g/mol. The molecule has 0 N–H and O–H groups in total. The molecule has 3 nitrogen and oxygen atoms in total. The fourth-order valence-electron chi connectivity index (χ4n) is 2.56. The maximum atomic E-state index is 13.9. The van der Waals surface area contributed by atoms with Gasteiger partial charge in [-0.2, -0.15) is 0 Å². The Kier molecular flexibility index (Phi) is 4.43. The molecule has 0 saturated carbocycles. The van der Waals surface area contributed by atoms with Crippen molar-refractivity contribution in [2.24, 2.45) is 0 Å². The van der Waals surface area contributed by atoms with Crippen molar-refractivity contribution in [3.63, 3.8) is 0 Å². The predicted molar refractivity (Wildman–Crippen MR) is 84.8 cm³/mol. The fourth-order valence-corrected chi connectivity index (χ4v) is 3.13. The van der Waals surface area contributed by atoms with Gasteiger partial charge in [0.1, 0.15) is 12.4 Å². The number of rotatable bonds is 2. The van der Waals surface area contributed by atoms with Crippen LogP contribution in [-0.2, 0) is 24.3 Å². The van der Waals surface area contributed by atoms with Gasteiger partial charge in [-0.15, -0.1) is 0 Å². The lowest BCUT2D eigenvalue weighted by Crippen LogP contribution is -2.37. The average molecular weight is 364 g/mol. The Morgan fingerprint density at radius 2 is 1.95 bits per heavy atom. The monoisotopic (exact) mass is 363 g/mol. The molecule has 5 heteroatoms. The minimum Gasteiger partial charge on any atom is -0.445 e. The molecule has 1 amide bonds. The van der Waals surface area contributed by atoms with Gasteiger partial charge < -0.3 is 9.64 Å². The lowest BCUT2D eigenvalue weighted by molar-refractivity contribution is 0.0913. The number of carbonyl (C=O) groups is 1. The molecule has 2 aromatic carbocycles. The topological polar surface area (TPSA) is 29.5 Å². The third-order valence-corrected chi connectivity index (χ3v) is 4.50. The van der Waals surface area contributed by atoms with E-state index in [0.29, 0.717) is 18.5 Å². The molecule has 0 aliphatic carbocycles. The molecule has 1 aliphatic rings.